The van der Waals surface area contributed by atoms with Crippen LogP contribution >= 0.6 is 0 Å². The van der Waals surface area contributed by atoms with Crippen molar-refractivity contribution >= 4 is 12.6 Å². The molecule has 0 aliphatic carbocycles. The van der Waals surface area contributed by atoms with Crippen LogP contribution in [-0.4, -0.2) is 37.0 Å². The molecule has 2 saturated heterocycles. The number of hydrogen-bond donors (Lipinski definition) is 0. The van der Waals surface area contributed by atoms with Gasteiger partial charge in [0.15, 0.2) is 25.2 Å². The minimum atomic E-state index is -0.842. The highest BCUT2D eigenvalue weighted by Gasteiger charge is 2.50. The molecule has 2 fully saturated rings. The fraction of sp³-hybridized carbons (Fsp3) is 0.300. The molecule has 4 rings (SSSR count). The molecule has 6 heteroatoms. The van der Waals surface area contributed by atoms with Gasteiger partial charge in [-0.05, 0) is 0 Å². The van der Waals surface area contributed by atoms with Crippen LogP contribution in [0.4, 0.5) is 0 Å². The Bertz CT molecular complexity index is 684. The molecule has 134 valence electrons. The van der Waals surface area contributed by atoms with E-state index in [2.05, 4.69) is 0 Å². The molecule has 0 aromatic heterocycles. The molecule has 2 aliphatic heterocycles. The fourth-order valence-electron chi connectivity index (χ4n) is 3.23. The third-order valence-corrected chi connectivity index (χ3v) is 4.51. The van der Waals surface area contributed by atoms with E-state index in [0.29, 0.717) is 12.6 Å². The van der Waals surface area contributed by atoms with Crippen LogP contribution < -0.4 is 0 Å². The first-order chi connectivity index (χ1) is 12.8. The largest absolute Gasteiger partial charge is 0.339 e. The zero-order valence-corrected chi connectivity index (χ0v) is 13.8. The molecule has 0 amide bonds. The summed E-state index contributed by atoms with van der Waals surface area (Å²) in [7, 11) is 0. The second-order valence-corrected chi connectivity index (χ2v) is 6.16. The zero-order valence-electron chi connectivity index (χ0n) is 13.8. The number of benzene rings is 2. The Morgan fingerprint density at radius 3 is 1.31 bits per heavy atom. The van der Waals surface area contributed by atoms with Crippen LogP contribution in [0.25, 0.3) is 0 Å². The quantitative estimate of drug-likeness (QED) is 0.768. The summed E-state index contributed by atoms with van der Waals surface area (Å²) in [6.45, 7) is 0. The smallest absolute Gasteiger partial charge is 0.185 e. The molecule has 26 heavy (non-hydrogen) atoms. The van der Waals surface area contributed by atoms with Gasteiger partial charge in [0, 0.05) is 11.1 Å². The van der Waals surface area contributed by atoms with Crippen molar-refractivity contribution in [2.45, 2.75) is 37.0 Å². The maximum atomic E-state index is 11.5. The van der Waals surface area contributed by atoms with Gasteiger partial charge in [0.2, 0.25) is 0 Å². The van der Waals surface area contributed by atoms with Gasteiger partial charge in [-0.1, -0.05) is 60.7 Å². The molecule has 0 saturated carbocycles. The lowest BCUT2D eigenvalue weighted by atomic mass is 10.0. The van der Waals surface area contributed by atoms with Crippen molar-refractivity contribution in [3.8, 4) is 0 Å². The van der Waals surface area contributed by atoms with E-state index in [4.69, 9.17) is 18.9 Å². The molecule has 2 aliphatic rings. The van der Waals surface area contributed by atoms with Gasteiger partial charge in [0.05, 0.1) is 0 Å². The van der Waals surface area contributed by atoms with Crippen molar-refractivity contribution in [3.05, 3.63) is 71.8 Å². The predicted molar refractivity (Wildman–Crippen MR) is 90.0 cm³/mol. The molecule has 2 heterocycles. The van der Waals surface area contributed by atoms with E-state index in [1.165, 1.54) is 0 Å². The number of carbonyl (C=O) groups is 2. The van der Waals surface area contributed by atoms with Crippen molar-refractivity contribution in [1.82, 2.24) is 0 Å². The summed E-state index contributed by atoms with van der Waals surface area (Å²) in [6, 6.07) is 18.6. The van der Waals surface area contributed by atoms with Crippen LogP contribution in [0.15, 0.2) is 60.7 Å². The van der Waals surface area contributed by atoms with Gasteiger partial charge in [0.1, 0.15) is 24.4 Å². The van der Waals surface area contributed by atoms with Gasteiger partial charge in [0.25, 0.3) is 0 Å². The van der Waals surface area contributed by atoms with Crippen molar-refractivity contribution in [1.29, 1.82) is 0 Å². The van der Waals surface area contributed by atoms with E-state index >= 15 is 0 Å². The Morgan fingerprint density at radius 1 is 0.577 bits per heavy atom. The summed E-state index contributed by atoms with van der Waals surface area (Å²) in [5.41, 5.74) is 1.59. The molecule has 6 atom stereocenters. The first kappa shape index (κ1) is 17.1. The Labute approximate surface area is 150 Å². The van der Waals surface area contributed by atoms with Gasteiger partial charge in [-0.3, -0.25) is 0 Å². The molecule has 0 bridgehead atoms. The standard InChI is InChI=1S/C20H18O6/c21-11-15-17(25-19(23-15)13-7-3-1-4-8-13)18-16(12-22)24-20(26-18)14-9-5-2-6-10-14/h1-12,15-20H/t15-,16+,17-,18+,19-,20+. The third kappa shape index (κ3) is 3.20. The molecule has 0 N–H and O–H groups in total. The fourth-order valence-corrected chi connectivity index (χ4v) is 3.23. The van der Waals surface area contributed by atoms with Crippen LogP contribution in [0, 0.1) is 0 Å². The Balaban J connectivity index is 1.55. The summed E-state index contributed by atoms with van der Waals surface area (Å²) in [5, 5.41) is 0. The first-order valence-electron chi connectivity index (χ1n) is 8.42. The maximum Gasteiger partial charge on any atom is 0.185 e. The first-order valence-corrected chi connectivity index (χ1v) is 8.42. The normalized spacial score (nSPS) is 33.8. The van der Waals surface area contributed by atoms with E-state index in [1.807, 2.05) is 60.7 Å². The topological polar surface area (TPSA) is 71.1 Å². The van der Waals surface area contributed by atoms with Gasteiger partial charge in [-0.15, -0.1) is 0 Å². The minimum Gasteiger partial charge on any atom is -0.339 e. The van der Waals surface area contributed by atoms with Gasteiger partial charge >= 0.3 is 0 Å². The maximum absolute atomic E-state index is 11.5. The summed E-state index contributed by atoms with van der Waals surface area (Å²) >= 11 is 0. The summed E-state index contributed by atoms with van der Waals surface area (Å²) in [6.07, 6.45) is -3.19. The molecule has 0 unspecified atom stereocenters. The summed E-state index contributed by atoms with van der Waals surface area (Å²) in [4.78, 5) is 23.0. The van der Waals surface area contributed by atoms with Crippen LogP contribution in [0.5, 0.6) is 0 Å². The summed E-state index contributed by atoms with van der Waals surface area (Å²) in [5.74, 6) is 0. The minimum absolute atomic E-state index is 0.675. The molecule has 2 aromatic rings. The SMILES string of the molecule is O=C[C@@H]1O[C@H](c2ccccc2)O[C@@H]1[C@@H]1O[C@H](c2ccccc2)O[C@@H]1C=O. The van der Waals surface area contributed by atoms with Crippen LogP contribution in [-0.2, 0) is 28.5 Å². The van der Waals surface area contributed by atoms with E-state index in [9.17, 15) is 9.59 Å². The molecule has 0 spiro atoms. The molecular formula is C20H18O6. The molecular weight excluding hydrogens is 336 g/mol. The number of ether oxygens (including phenoxy) is 4. The third-order valence-electron chi connectivity index (χ3n) is 4.51. The second kappa shape index (κ2) is 7.47. The Hall–Kier alpha value is -2.38. The molecule has 0 radical (unpaired) electrons. The second-order valence-electron chi connectivity index (χ2n) is 6.16. The highest BCUT2D eigenvalue weighted by Crippen LogP contribution is 2.39. The highest BCUT2D eigenvalue weighted by molar-refractivity contribution is 5.61. The number of aldehydes is 2. The predicted octanol–water partition coefficient (Wildman–Crippen LogP) is 2.35. The van der Waals surface area contributed by atoms with Gasteiger partial charge in [-0.2, -0.15) is 0 Å². The summed E-state index contributed by atoms with van der Waals surface area (Å²) < 4.78 is 23.3. The Morgan fingerprint density at radius 2 is 0.962 bits per heavy atom. The van der Waals surface area contributed by atoms with Crippen molar-refractivity contribution in [2.24, 2.45) is 0 Å². The molecule has 6 nitrogen and oxygen atoms in total. The van der Waals surface area contributed by atoms with Crippen LogP contribution in [0.2, 0.25) is 0 Å². The van der Waals surface area contributed by atoms with E-state index < -0.39 is 37.0 Å². The lowest BCUT2D eigenvalue weighted by molar-refractivity contribution is -0.121. The number of carbonyl (C=O) groups excluding carboxylic acids is 2. The van der Waals surface area contributed by atoms with Crippen molar-refractivity contribution in [2.75, 3.05) is 0 Å². The van der Waals surface area contributed by atoms with E-state index in [-0.39, 0.29) is 0 Å². The monoisotopic (exact) mass is 354 g/mol. The Kier molecular flexibility index (Phi) is 4.90. The van der Waals surface area contributed by atoms with E-state index in [0.717, 1.165) is 11.1 Å². The van der Waals surface area contributed by atoms with Crippen molar-refractivity contribution < 1.29 is 28.5 Å². The highest BCUT2D eigenvalue weighted by atomic mass is 16.8. The lowest BCUT2D eigenvalue weighted by Gasteiger charge is -2.20. The molecule has 2 aromatic carbocycles. The van der Waals surface area contributed by atoms with Crippen LogP contribution in [0.3, 0.4) is 0 Å². The number of rotatable bonds is 5. The lowest BCUT2D eigenvalue weighted by Crippen LogP contribution is -2.42. The zero-order chi connectivity index (χ0) is 17.9. The van der Waals surface area contributed by atoms with Gasteiger partial charge in [-0.25, -0.2) is 0 Å². The average Bonchev–Trinajstić information content (AvgIpc) is 3.33. The van der Waals surface area contributed by atoms with Crippen LogP contribution in [0.1, 0.15) is 23.7 Å². The van der Waals surface area contributed by atoms with Crippen molar-refractivity contribution in [3.63, 3.8) is 0 Å². The van der Waals surface area contributed by atoms with Gasteiger partial charge < -0.3 is 28.5 Å². The number of hydrogen-bond acceptors (Lipinski definition) is 6. The van der Waals surface area contributed by atoms with E-state index in [1.54, 1.807) is 0 Å². The average molecular weight is 354 g/mol.